The minimum Gasteiger partial charge on any atom is -0.454 e. The zero-order valence-electron chi connectivity index (χ0n) is 21.4. The fourth-order valence-corrected chi connectivity index (χ4v) is 3.96. The Morgan fingerprint density at radius 3 is 2.32 bits per heavy atom. The highest BCUT2D eigenvalue weighted by Crippen LogP contribution is 2.33. The van der Waals surface area contributed by atoms with Crippen LogP contribution >= 0.6 is 11.6 Å². The Morgan fingerprint density at radius 2 is 1.54 bits per heavy atom. The molecule has 0 saturated heterocycles. The van der Waals surface area contributed by atoms with Crippen LogP contribution in [-0.2, 0) is 4.79 Å². The normalized spacial score (nSPS) is 12.2. The zero-order valence-corrected chi connectivity index (χ0v) is 22.1. The molecule has 9 nitrogen and oxygen atoms in total. The standard InChI is InChI=1S/C31H22ClN3O6/c32-25-9-5-4-8-24(25)31(38)41-23-13-10-20(11-14-23)18-33-35-30(37)26(34-29(36)22-6-2-1-3-7-22)16-21-12-15-27-28(17-21)40-19-39-27/h1-18H,19H2,(H,34,36)(H,35,37)/b26-16+,33-18-. The Balaban J connectivity index is 1.26. The second-order valence-electron chi connectivity index (χ2n) is 8.63. The summed E-state index contributed by atoms with van der Waals surface area (Å²) in [5, 5.41) is 6.95. The van der Waals surface area contributed by atoms with E-state index in [1.54, 1.807) is 97.1 Å². The van der Waals surface area contributed by atoms with Crippen LogP contribution < -0.4 is 25.0 Å². The molecule has 41 heavy (non-hydrogen) atoms. The van der Waals surface area contributed by atoms with Gasteiger partial charge in [-0.1, -0.05) is 48.0 Å². The molecule has 0 radical (unpaired) electrons. The number of hydrogen-bond donors (Lipinski definition) is 2. The van der Waals surface area contributed by atoms with Crippen LogP contribution in [0, 0.1) is 0 Å². The van der Waals surface area contributed by atoms with E-state index in [4.69, 9.17) is 25.8 Å². The minimum absolute atomic E-state index is 0.0308. The molecule has 0 atom stereocenters. The number of nitrogens with zero attached hydrogens (tertiary/aromatic N) is 1. The maximum Gasteiger partial charge on any atom is 0.345 e. The summed E-state index contributed by atoms with van der Waals surface area (Å²) in [6.45, 7) is 0.111. The summed E-state index contributed by atoms with van der Waals surface area (Å²) in [6, 6.07) is 26.8. The van der Waals surface area contributed by atoms with Crippen molar-refractivity contribution in [3.63, 3.8) is 0 Å². The summed E-state index contributed by atoms with van der Waals surface area (Å²) in [7, 11) is 0. The number of hydrazone groups is 1. The summed E-state index contributed by atoms with van der Waals surface area (Å²) in [5.74, 6) is -0.243. The molecule has 1 aliphatic rings. The maximum absolute atomic E-state index is 13.0. The molecule has 2 amide bonds. The zero-order chi connectivity index (χ0) is 28.6. The van der Waals surface area contributed by atoms with Crippen molar-refractivity contribution in [2.45, 2.75) is 0 Å². The third-order valence-corrected chi connectivity index (χ3v) is 6.13. The van der Waals surface area contributed by atoms with Crippen LogP contribution in [0.4, 0.5) is 0 Å². The first kappa shape index (κ1) is 27.2. The Hall–Kier alpha value is -5.41. The number of halogens is 1. The summed E-state index contributed by atoms with van der Waals surface area (Å²) < 4.78 is 16.1. The Bertz CT molecular complexity index is 1650. The van der Waals surface area contributed by atoms with Gasteiger partial charge in [0.25, 0.3) is 11.8 Å². The van der Waals surface area contributed by atoms with Crippen LogP contribution in [0.5, 0.6) is 17.2 Å². The van der Waals surface area contributed by atoms with E-state index in [1.165, 1.54) is 12.3 Å². The molecule has 5 rings (SSSR count). The van der Waals surface area contributed by atoms with E-state index in [-0.39, 0.29) is 18.1 Å². The molecular formula is C31H22ClN3O6. The Labute approximate surface area is 240 Å². The van der Waals surface area contributed by atoms with Gasteiger partial charge in [-0.2, -0.15) is 5.10 Å². The number of rotatable bonds is 8. The molecule has 10 heteroatoms. The predicted molar refractivity (Wildman–Crippen MR) is 153 cm³/mol. The molecule has 0 spiro atoms. The highest BCUT2D eigenvalue weighted by atomic mass is 35.5. The number of hydrogen-bond acceptors (Lipinski definition) is 7. The number of esters is 1. The highest BCUT2D eigenvalue weighted by molar-refractivity contribution is 6.33. The predicted octanol–water partition coefficient (Wildman–Crippen LogP) is 5.21. The van der Waals surface area contributed by atoms with Crippen molar-refractivity contribution in [1.29, 1.82) is 0 Å². The summed E-state index contributed by atoms with van der Waals surface area (Å²) in [6.07, 6.45) is 2.92. The van der Waals surface area contributed by atoms with Gasteiger partial charge in [-0.15, -0.1) is 0 Å². The second-order valence-corrected chi connectivity index (χ2v) is 9.04. The Morgan fingerprint density at radius 1 is 0.829 bits per heavy atom. The molecule has 1 aliphatic heterocycles. The molecule has 204 valence electrons. The lowest BCUT2D eigenvalue weighted by atomic mass is 10.1. The first-order valence-corrected chi connectivity index (χ1v) is 12.7. The van der Waals surface area contributed by atoms with Crippen molar-refractivity contribution < 1.29 is 28.6 Å². The van der Waals surface area contributed by atoms with E-state index in [2.05, 4.69) is 15.8 Å². The quantitative estimate of drug-likeness (QED) is 0.0993. The fraction of sp³-hybridized carbons (Fsp3) is 0.0323. The van der Waals surface area contributed by atoms with Gasteiger partial charge in [0.1, 0.15) is 11.4 Å². The van der Waals surface area contributed by atoms with Crippen molar-refractivity contribution in [2.24, 2.45) is 5.10 Å². The van der Waals surface area contributed by atoms with Gasteiger partial charge in [-0.05, 0) is 77.9 Å². The first-order valence-electron chi connectivity index (χ1n) is 12.3. The lowest BCUT2D eigenvalue weighted by Crippen LogP contribution is -2.32. The lowest BCUT2D eigenvalue weighted by Gasteiger charge is -2.09. The van der Waals surface area contributed by atoms with Crippen molar-refractivity contribution in [3.05, 3.63) is 130 Å². The number of carbonyl (C=O) groups is 3. The largest absolute Gasteiger partial charge is 0.454 e. The average Bonchev–Trinajstić information content (AvgIpc) is 3.46. The third kappa shape index (κ3) is 6.97. The van der Waals surface area contributed by atoms with E-state index in [1.807, 2.05) is 0 Å². The number of carbonyl (C=O) groups excluding carboxylic acids is 3. The van der Waals surface area contributed by atoms with Crippen molar-refractivity contribution in [2.75, 3.05) is 6.79 Å². The van der Waals surface area contributed by atoms with Crippen LogP contribution in [0.3, 0.4) is 0 Å². The molecule has 1 heterocycles. The summed E-state index contributed by atoms with van der Waals surface area (Å²) >= 11 is 6.05. The van der Waals surface area contributed by atoms with E-state index >= 15 is 0 Å². The number of fused-ring (bicyclic) bond motifs is 1. The summed E-state index contributed by atoms with van der Waals surface area (Å²) in [4.78, 5) is 38.2. The first-order chi connectivity index (χ1) is 20.0. The van der Waals surface area contributed by atoms with E-state index < -0.39 is 17.8 Å². The van der Waals surface area contributed by atoms with E-state index in [9.17, 15) is 14.4 Å². The van der Waals surface area contributed by atoms with Gasteiger partial charge in [-0.3, -0.25) is 9.59 Å². The number of nitrogens with one attached hydrogen (secondary N) is 2. The van der Waals surface area contributed by atoms with Crippen molar-refractivity contribution >= 4 is 41.7 Å². The molecule has 4 aromatic carbocycles. The van der Waals surface area contributed by atoms with E-state index in [0.29, 0.717) is 39.0 Å². The van der Waals surface area contributed by atoms with Crippen LogP contribution in [0.2, 0.25) is 5.02 Å². The topological polar surface area (TPSA) is 115 Å². The lowest BCUT2D eigenvalue weighted by molar-refractivity contribution is -0.117. The van der Waals surface area contributed by atoms with E-state index in [0.717, 1.165) is 0 Å². The van der Waals surface area contributed by atoms with Gasteiger partial charge >= 0.3 is 5.97 Å². The molecule has 0 aromatic heterocycles. The third-order valence-electron chi connectivity index (χ3n) is 5.80. The van der Waals surface area contributed by atoms with Crippen molar-refractivity contribution in [3.8, 4) is 17.2 Å². The highest BCUT2D eigenvalue weighted by Gasteiger charge is 2.17. The van der Waals surface area contributed by atoms with Crippen LogP contribution in [0.25, 0.3) is 6.08 Å². The molecule has 0 unspecified atom stereocenters. The average molecular weight is 568 g/mol. The van der Waals surface area contributed by atoms with Gasteiger partial charge in [0.05, 0.1) is 16.8 Å². The van der Waals surface area contributed by atoms with Gasteiger partial charge in [0.15, 0.2) is 11.5 Å². The minimum atomic E-state index is -0.645. The fourth-order valence-electron chi connectivity index (χ4n) is 3.75. The smallest absolute Gasteiger partial charge is 0.345 e. The number of benzene rings is 4. The molecule has 0 fully saturated rings. The van der Waals surface area contributed by atoms with Crippen LogP contribution in [-0.4, -0.2) is 30.8 Å². The van der Waals surface area contributed by atoms with Gasteiger partial charge in [0, 0.05) is 5.56 Å². The Kier molecular flexibility index (Phi) is 8.37. The molecule has 4 aromatic rings. The molecule has 0 aliphatic carbocycles. The number of amides is 2. The van der Waals surface area contributed by atoms with Gasteiger partial charge in [0.2, 0.25) is 6.79 Å². The summed E-state index contributed by atoms with van der Waals surface area (Å²) in [5.41, 5.74) is 4.27. The van der Waals surface area contributed by atoms with Crippen molar-refractivity contribution in [1.82, 2.24) is 10.7 Å². The van der Waals surface area contributed by atoms with Crippen LogP contribution in [0.15, 0.2) is 108 Å². The second kappa shape index (κ2) is 12.6. The number of ether oxygens (including phenoxy) is 3. The molecule has 0 bridgehead atoms. The molecule has 0 saturated carbocycles. The maximum atomic E-state index is 13.0. The van der Waals surface area contributed by atoms with Gasteiger partial charge in [-0.25, -0.2) is 10.2 Å². The molecule has 2 N–H and O–H groups in total. The van der Waals surface area contributed by atoms with Crippen LogP contribution in [0.1, 0.15) is 31.8 Å². The monoisotopic (exact) mass is 567 g/mol. The van der Waals surface area contributed by atoms with Gasteiger partial charge < -0.3 is 19.5 Å². The molecular weight excluding hydrogens is 546 g/mol. The SMILES string of the molecule is O=C(N/N=C\c1ccc(OC(=O)c2ccccc2Cl)cc1)/C(=C\c1ccc2c(c1)OCO2)NC(=O)c1ccccc1.